The zero-order valence-electron chi connectivity index (χ0n) is 15.4. The van der Waals surface area contributed by atoms with Crippen LogP contribution in [-0.4, -0.2) is 54.0 Å². The van der Waals surface area contributed by atoms with Gasteiger partial charge < -0.3 is 15.1 Å². The van der Waals surface area contributed by atoms with Gasteiger partial charge in [-0.2, -0.15) is 0 Å². The highest BCUT2D eigenvalue weighted by Crippen LogP contribution is 2.18. The van der Waals surface area contributed by atoms with Crippen LogP contribution in [0.3, 0.4) is 0 Å². The van der Waals surface area contributed by atoms with Crippen molar-refractivity contribution in [3.8, 4) is 0 Å². The van der Waals surface area contributed by atoms with Crippen molar-refractivity contribution < 1.29 is 9.59 Å². The number of nitrogens with one attached hydrogen (secondary N) is 1. The number of piperazine rings is 1. The Hall–Kier alpha value is -2.04. The van der Waals surface area contributed by atoms with Crippen molar-refractivity contribution in [3.05, 3.63) is 34.9 Å². The summed E-state index contributed by atoms with van der Waals surface area (Å²) in [4.78, 5) is 28.9. The van der Waals surface area contributed by atoms with Gasteiger partial charge in [-0.25, -0.2) is 4.79 Å². The normalized spacial score (nSPS) is 19.0. The van der Waals surface area contributed by atoms with Crippen LogP contribution in [0.5, 0.6) is 0 Å². The minimum Gasteiger partial charge on any atom is -0.335 e. The summed E-state index contributed by atoms with van der Waals surface area (Å²) >= 11 is 0. The summed E-state index contributed by atoms with van der Waals surface area (Å²) in [5.74, 6) is 0.0739. The van der Waals surface area contributed by atoms with E-state index in [1.54, 1.807) is 0 Å². The highest BCUT2D eigenvalue weighted by Gasteiger charge is 2.26. The first-order chi connectivity index (χ1) is 12.0. The first-order valence-corrected chi connectivity index (χ1v) is 9.46. The van der Waals surface area contributed by atoms with Gasteiger partial charge in [0.15, 0.2) is 0 Å². The van der Waals surface area contributed by atoms with Crippen LogP contribution in [0, 0.1) is 13.8 Å². The fraction of sp³-hybridized carbons (Fsp3) is 0.600. The molecule has 1 heterocycles. The second-order valence-corrected chi connectivity index (χ2v) is 7.38. The highest BCUT2D eigenvalue weighted by molar-refractivity contribution is 5.95. The third-order valence-electron chi connectivity index (χ3n) is 5.40. The van der Waals surface area contributed by atoms with Crippen LogP contribution >= 0.6 is 0 Å². The lowest BCUT2D eigenvalue weighted by Gasteiger charge is -2.36. The maximum Gasteiger partial charge on any atom is 0.317 e. The second-order valence-electron chi connectivity index (χ2n) is 7.38. The van der Waals surface area contributed by atoms with E-state index in [0.29, 0.717) is 32.2 Å². The number of hydrogen-bond acceptors (Lipinski definition) is 2. The molecule has 0 aromatic heterocycles. The predicted molar refractivity (Wildman–Crippen MR) is 98.8 cm³/mol. The molecule has 1 N–H and O–H groups in total. The van der Waals surface area contributed by atoms with Crippen molar-refractivity contribution in [2.45, 2.75) is 52.0 Å². The van der Waals surface area contributed by atoms with Gasteiger partial charge in [0, 0.05) is 37.8 Å². The largest absolute Gasteiger partial charge is 0.335 e. The van der Waals surface area contributed by atoms with E-state index in [-0.39, 0.29) is 11.9 Å². The van der Waals surface area contributed by atoms with Crippen LogP contribution < -0.4 is 5.32 Å². The first kappa shape index (κ1) is 17.8. The summed E-state index contributed by atoms with van der Waals surface area (Å²) in [6.07, 6.45) is 5.89. The fourth-order valence-electron chi connectivity index (χ4n) is 3.85. The molecule has 0 atom stereocenters. The lowest BCUT2D eigenvalue weighted by Crippen LogP contribution is -2.54. The number of hydrogen-bond donors (Lipinski definition) is 1. The van der Waals surface area contributed by atoms with Crippen molar-refractivity contribution in [2.75, 3.05) is 26.2 Å². The Morgan fingerprint density at radius 2 is 1.60 bits per heavy atom. The van der Waals surface area contributed by atoms with E-state index in [1.807, 2.05) is 41.8 Å². The van der Waals surface area contributed by atoms with E-state index in [2.05, 4.69) is 5.32 Å². The van der Waals surface area contributed by atoms with E-state index in [4.69, 9.17) is 0 Å². The Kier molecular flexibility index (Phi) is 5.61. The summed E-state index contributed by atoms with van der Waals surface area (Å²) in [6, 6.07) is 6.30. The molecular weight excluding hydrogens is 314 g/mol. The molecule has 2 aliphatic rings. The van der Waals surface area contributed by atoms with Gasteiger partial charge >= 0.3 is 6.03 Å². The molecule has 1 aromatic carbocycles. The van der Waals surface area contributed by atoms with Crippen molar-refractivity contribution >= 4 is 11.9 Å². The molecule has 25 heavy (non-hydrogen) atoms. The molecule has 1 aliphatic heterocycles. The van der Waals surface area contributed by atoms with Crippen molar-refractivity contribution in [1.82, 2.24) is 15.1 Å². The van der Waals surface area contributed by atoms with Crippen LogP contribution in [0.2, 0.25) is 0 Å². The van der Waals surface area contributed by atoms with Gasteiger partial charge in [0.05, 0.1) is 0 Å². The number of aryl methyl sites for hydroxylation is 2. The summed E-state index contributed by atoms with van der Waals surface area (Å²) in [6.45, 7) is 6.43. The van der Waals surface area contributed by atoms with E-state index < -0.39 is 0 Å². The second kappa shape index (κ2) is 7.89. The number of urea groups is 1. The Labute approximate surface area is 150 Å². The lowest BCUT2D eigenvalue weighted by atomic mass is 9.96. The first-order valence-electron chi connectivity index (χ1n) is 9.46. The van der Waals surface area contributed by atoms with Crippen LogP contribution in [0.4, 0.5) is 4.79 Å². The lowest BCUT2D eigenvalue weighted by molar-refractivity contribution is 0.0662. The zero-order valence-corrected chi connectivity index (χ0v) is 15.4. The standard InChI is InChI=1S/C20H29N3O2/c1-15-8-9-18(16(2)14-15)19(24)22-10-12-23(13-11-22)20(25)21-17-6-4-3-5-7-17/h8-9,14,17H,3-7,10-13H2,1-2H3,(H,21,25). The van der Waals surface area contributed by atoms with Gasteiger partial charge in [-0.3, -0.25) is 4.79 Å². The molecule has 0 radical (unpaired) electrons. The molecule has 2 fully saturated rings. The highest BCUT2D eigenvalue weighted by atomic mass is 16.2. The monoisotopic (exact) mass is 343 g/mol. The Balaban J connectivity index is 1.52. The van der Waals surface area contributed by atoms with Crippen molar-refractivity contribution in [1.29, 1.82) is 0 Å². The summed E-state index contributed by atoms with van der Waals surface area (Å²) in [5.41, 5.74) is 2.95. The van der Waals surface area contributed by atoms with Gasteiger partial charge in [-0.15, -0.1) is 0 Å². The maximum absolute atomic E-state index is 12.7. The van der Waals surface area contributed by atoms with Crippen molar-refractivity contribution in [3.63, 3.8) is 0 Å². The third kappa shape index (κ3) is 4.33. The third-order valence-corrected chi connectivity index (χ3v) is 5.40. The zero-order chi connectivity index (χ0) is 17.8. The quantitative estimate of drug-likeness (QED) is 0.897. The van der Waals surface area contributed by atoms with Crippen LogP contribution in [-0.2, 0) is 0 Å². The van der Waals surface area contributed by atoms with E-state index >= 15 is 0 Å². The van der Waals surface area contributed by atoms with Crippen LogP contribution in [0.1, 0.15) is 53.6 Å². The number of rotatable bonds is 2. The van der Waals surface area contributed by atoms with Gasteiger partial charge in [-0.05, 0) is 38.3 Å². The summed E-state index contributed by atoms with van der Waals surface area (Å²) in [7, 11) is 0. The molecule has 1 aromatic rings. The number of benzene rings is 1. The molecule has 5 heteroatoms. The molecule has 3 amide bonds. The van der Waals surface area contributed by atoms with Gasteiger partial charge in [0.1, 0.15) is 0 Å². The molecule has 0 bridgehead atoms. The van der Waals surface area contributed by atoms with E-state index in [9.17, 15) is 9.59 Å². The molecular formula is C20H29N3O2. The van der Waals surface area contributed by atoms with Gasteiger partial charge in [0.25, 0.3) is 5.91 Å². The number of nitrogens with zero attached hydrogens (tertiary/aromatic N) is 2. The molecule has 1 saturated carbocycles. The minimum atomic E-state index is 0.0329. The molecule has 1 aliphatic carbocycles. The predicted octanol–water partition coefficient (Wildman–Crippen LogP) is 3.10. The minimum absolute atomic E-state index is 0.0329. The molecule has 136 valence electrons. The Bertz CT molecular complexity index is 630. The van der Waals surface area contributed by atoms with Crippen LogP contribution in [0.15, 0.2) is 18.2 Å². The van der Waals surface area contributed by atoms with Crippen LogP contribution in [0.25, 0.3) is 0 Å². The summed E-state index contributed by atoms with van der Waals surface area (Å²) in [5, 5.41) is 3.16. The number of carbonyl (C=O) groups excluding carboxylic acids is 2. The molecule has 0 unspecified atom stereocenters. The fourth-order valence-corrected chi connectivity index (χ4v) is 3.85. The Morgan fingerprint density at radius 1 is 0.960 bits per heavy atom. The maximum atomic E-state index is 12.7. The van der Waals surface area contributed by atoms with Gasteiger partial charge in [-0.1, -0.05) is 37.0 Å². The van der Waals surface area contributed by atoms with Gasteiger partial charge in [0.2, 0.25) is 0 Å². The van der Waals surface area contributed by atoms with E-state index in [0.717, 1.165) is 24.0 Å². The molecule has 3 rings (SSSR count). The smallest absolute Gasteiger partial charge is 0.317 e. The SMILES string of the molecule is Cc1ccc(C(=O)N2CCN(C(=O)NC3CCCCC3)CC2)c(C)c1. The molecule has 1 saturated heterocycles. The molecule has 5 nitrogen and oxygen atoms in total. The van der Waals surface area contributed by atoms with Crippen molar-refractivity contribution in [2.24, 2.45) is 0 Å². The topological polar surface area (TPSA) is 52.7 Å². The van der Waals surface area contributed by atoms with E-state index in [1.165, 1.54) is 24.8 Å². The average Bonchev–Trinajstić information content (AvgIpc) is 2.62. The Morgan fingerprint density at radius 3 is 2.24 bits per heavy atom. The number of amides is 3. The molecule has 0 spiro atoms. The average molecular weight is 343 g/mol. The summed E-state index contributed by atoms with van der Waals surface area (Å²) < 4.78 is 0. The number of carbonyl (C=O) groups is 2.